The van der Waals surface area contributed by atoms with Crippen molar-refractivity contribution in [3.63, 3.8) is 0 Å². The molecule has 0 fully saturated rings. The molecule has 6 nitrogen and oxygen atoms in total. The fraction of sp³-hybridized carbons (Fsp3) is 0.444. The van der Waals surface area contributed by atoms with Crippen molar-refractivity contribution < 1.29 is 18.8 Å². The summed E-state index contributed by atoms with van der Waals surface area (Å²) in [4.78, 5) is 14.3. The van der Waals surface area contributed by atoms with Crippen molar-refractivity contribution in [2.45, 2.75) is 31.8 Å². The van der Waals surface area contributed by atoms with E-state index < -0.39 is 0 Å². The average Bonchev–Trinajstić information content (AvgIpc) is 3.05. The van der Waals surface area contributed by atoms with Gasteiger partial charge in [0.15, 0.2) is 17.6 Å². The molecule has 2 heterocycles. The third-order valence-electron chi connectivity index (χ3n) is 4.55. The van der Waals surface area contributed by atoms with E-state index in [0.717, 1.165) is 42.7 Å². The Morgan fingerprint density at radius 1 is 1.25 bits per heavy atom. The summed E-state index contributed by atoms with van der Waals surface area (Å²) < 4.78 is 16.9. The van der Waals surface area contributed by atoms with E-state index in [1.165, 1.54) is 0 Å². The van der Waals surface area contributed by atoms with Gasteiger partial charge in [0.05, 0.1) is 12.2 Å². The molecule has 1 aliphatic heterocycles. The van der Waals surface area contributed by atoms with Crippen LogP contribution in [0.5, 0.6) is 11.5 Å². The van der Waals surface area contributed by atoms with Gasteiger partial charge in [0.2, 0.25) is 5.76 Å². The molecular weight excluding hydrogens is 308 g/mol. The number of benzene rings is 1. The summed E-state index contributed by atoms with van der Waals surface area (Å²) in [5, 5.41) is 4.06. The van der Waals surface area contributed by atoms with Gasteiger partial charge in [0.25, 0.3) is 5.91 Å². The number of para-hydroxylation sites is 2. The first-order chi connectivity index (χ1) is 11.7. The lowest BCUT2D eigenvalue weighted by Gasteiger charge is -2.29. The van der Waals surface area contributed by atoms with Crippen molar-refractivity contribution in [3.8, 4) is 11.5 Å². The largest absolute Gasteiger partial charge is 0.486 e. The van der Waals surface area contributed by atoms with Crippen LogP contribution in [-0.4, -0.2) is 42.3 Å². The highest BCUT2D eigenvalue weighted by atomic mass is 16.6. The topological polar surface area (TPSA) is 64.8 Å². The number of amides is 1. The van der Waals surface area contributed by atoms with Gasteiger partial charge < -0.3 is 18.9 Å². The summed E-state index contributed by atoms with van der Waals surface area (Å²) in [7, 11) is 1.75. The molecule has 6 heteroatoms. The summed E-state index contributed by atoms with van der Waals surface area (Å²) in [5.74, 6) is 1.69. The summed E-state index contributed by atoms with van der Waals surface area (Å²) in [6.45, 7) is 0.853. The van der Waals surface area contributed by atoms with E-state index >= 15 is 0 Å². The second-order valence-corrected chi connectivity index (χ2v) is 6.33. The standard InChI is InChI=1S/C18H20N2O4/c1-20(10-12-11-22-15-8-4-5-9-16(15)23-12)18(21)17-13-6-2-3-7-14(13)19-24-17/h4-5,8-9,12H,2-3,6-7,10-11H2,1H3/t12-/m1/s1. The van der Waals surface area contributed by atoms with Crippen LogP contribution in [0.3, 0.4) is 0 Å². The van der Waals surface area contributed by atoms with Crippen LogP contribution in [0.4, 0.5) is 0 Å². The third-order valence-corrected chi connectivity index (χ3v) is 4.55. The number of hydrogen-bond donors (Lipinski definition) is 0. The number of carbonyl (C=O) groups excluding carboxylic acids is 1. The van der Waals surface area contributed by atoms with Crippen LogP contribution in [0.25, 0.3) is 0 Å². The predicted octanol–water partition coefficient (Wildman–Crippen LogP) is 2.47. The first kappa shape index (κ1) is 15.1. The normalized spacial score (nSPS) is 18.8. The van der Waals surface area contributed by atoms with Crippen molar-refractivity contribution >= 4 is 5.91 Å². The van der Waals surface area contributed by atoms with Gasteiger partial charge in [-0.15, -0.1) is 0 Å². The lowest BCUT2D eigenvalue weighted by atomic mass is 9.96. The fourth-order valence-electron chi connectivity index (χ4n) is 3.27. The highest BCUT2D eigenvalue weighted by Crippen LogP contribution is 2.31. The molecule has 0 saturated heterocycles. The molecule has 1 aromatic carbocycles. The number of aryl methyl sites for hydroxylation is 1. The number of hydrogen-bond acceptors (Lipinski definition) is 5. The maximum absolute atomic E-state index is 12.7. The first-order valence-corrected chi connectivity index (χ1v) is 8.34. The fourth-order valence-corrected chi connectivity index (χ4v) is 3.27. The molecular formula is C18H20N2O4. The number of likely N-dealkylation sites (N-methyl/N-ethyl adjacent to an activating group) is 1. The highest BCUT2D eigenvalue weighted by molar-refractivity contribution is 5.93. The molecule has 0 saturated carbocycles. The van der Waals surface area contributed by atoms with Crippen molar-refractivity contribution in [2.24, 2.45) is 0 Å². The molecule has 2 aromatic rings. The van der Waals surface area contributed by atoms with Crippen molar-refractivity contribution in [3.05, 3.63) is 41.3 Å². The van der Waals surface area contributed by atoms with Crippen LogP contribution in [0.1, 0.15) is 34.7 Å². The lowest BCUT2D eigenvalue weighted by molar-refractivity contribution is 0.0495. The van der Waals surface area contributed by atoms with Gasteiger partial charge in [-0.25, -0.2) is 0 Å². The van der Waals surface area contributed by atoms with Gasteiger partial charge in [-0.1, -0.05) is 17.3 Å². The number of carbonyl (C=O) groups is 1. The maximum Gasteiger partial charge on any atom is 0.292 e. The van der Waals surface area contributed by atoms with E-state index in [4.69, 9.17) is 14.0 Å². The van der Waals surface area contributed by atoms with Crippen LogP contribution >= 0.6 is 0 Å². The Labute approximate surface area is 140 Å². The SMILES string of the molecule is CN(C[C@@H]1COc2ccccc2O1)C(=O)c1onc2c1CCCC2. The van der Waals surface area contributed by atoms with Crippen LogP contribution in [0.15, 0.2) is 28.8 Å². The average molecular weight is 328 g/mol. The first-order valence-electron chi connectivity index (χ1n) is 8.34. The second kappa shape index (κ2) is 6.19. The van der Waals surface area contributed by atoms with Gasteiger partial charge >= 0.3 is 0 Å². The van der Waals surface area contributed by atoms with Crippen LogP contribution in [0.2, 0.25) is 0 Å². The molecule has 0 radical (unpaired) electrons. The molecule has 1 amide bonds. The van der Waals surface area contributed by atoms with Crippen LogP contribution in [0, 0.1) is 0 Å². The van der Waals surface area contributed by atoms with Crippen LogP contribution in [-0.2, 0) is 12.8 Å². The number of nitrogens with zero attached hydrogens (tertiary/aromatic N) is 2. The summed E-state index contributed by atoms with van der Waals surface area (Å²) in [6, 6.07) is 7.56. The smallest absolute Gasteiger partial charge is 0.292 e. The zero-order valence-corrected chi connectivity index (χ0v) is 13.7. The minimum Gasteiger partial charge on any atom is -0.486 e. The number of fused-ring (bicyclic) bond motifs is 2. The van der Waals surface area contributed by atoms with Gasteiger partial charge in [-0.3, -0.25) is 4.79 Å². The van der Waals surface area contributed by atoms with Gasteiger partial charge in [0.1, 0.15) is 6.61 Å². The molecule has 126 valence electrons. The predicted molar refractivity (Wildman–Crippen MR) is 86.5 cm³/mol. The van der Waals surface area contributed by atoms with Gasteiger partial charge in [0, 0.05) is 12.6 Å². The Hall–Kier alpha value is -2.50. The van der Waals surface area contributed by atoms with Crippen LogP contribution < -0.4 is 9.47 Å². The highest BCUT2D eigenvalue weighted by Gasteiger charge is 2.29. The second-order valence-electron chi connectivity index (χ2n) is 6.33. The molecule has 0 unspecified atom stereocenters. The van der Waals surface area contributed by atoms with Crippen molar-refractivity contribution in [2.75, 3.05) is 20.2 Å². The van der Waals surface area contributed by atoms with E-state index in [-0.39, 0.29) is 12.0 Å². The van der Waals surface area contributed by atoms with E-state index in [1.54, 1.807) is 11.9 Å². The summed E-state index contributed by atoms with van der Waals surface area (Å²) in [5.41, 5.74) is 1.91. The minimum absolute atomic E-state index is 0.145. The van der Waals surface area contributed by atoms with E-state index in [0.29, 0.717) is 24.7 Å². The summed E-state index contributed by atoms with van der Waals surface area (Å²) in [6.07, 6.45) is 3.74. The lowest BCUT2D eigenvalue weighted by Crippen LogP contribution is -2.42. The van der Waals surface area contributed by atoms with E-state index in [1.807, 2.05) is 24.3 Å². The zero-order chi connectivity index (χ0) is 16.5. The zero-order valence-electron chi connectivity index (χ0n) is 13.7. The van der Waals surface area contributed by atoms with Gasteiger partial charge in [-0.05, 0) is 37.8 Å². The molecule has 2 aliphatic rings. The quantitative estimate of drug-likeness (QED) is 0.866. The molecule has 1 atom stereocenters. The molecule has 24 heavy (non-hydrogen) atoms. The monoisotopic (exact) mass is 328 g/mol. The molecule has 1 aromatic heterocycles. The number of rotatable bonds is 3. The maximum atomic E-state index is 12.7. The summed E-state index contributed by atoms with van der Waals surface area (Å²) >= 11 is 0. The van der Waals surface area contributed by atoms with E-state index in [2.05, 4.69) is 5.16 Å². The third kappa shape index (κ3) is 2.72. The van der Waals surface area contributed by atoms with Crippen molar-refractivity contribution in [1.29, 1.82) is 0 Å². The Kier molecular flexibility index (Phi) is 3.88. The minimum atomic E-state index is -0.201. The Morgan fingerprint density at radius 2 is 2.04 bits per heavy atom. The molecule has 1 aliphatic carbocycles. The molecule has 4 rings (SSSR count). The Bertz CT molecular complexity index is 755. The molecule has 0 N–H and O–H groups in total. The van der Waals surface area contributed by atoms with E-state index in [9.17, 15) is 4.79 Å². The number of aromatic nitrogens is 1. The van der Waals surface area contributed by atoms with Crippen molar-refractivity contribution in [1.82, 2.24) is 10.1 Å². The molecule has 0 bridgehead atoms. The number of ether oxygens (including phenoxy) is 2. The Balaban J connectivity index is 1.44. The Morgan fingerprint density at radius 3 is 2.92 bits per heavy atom. The van der Waals surface area contributed by atoms with Gasteiger partial charge in [-0.2, -0.15) is 0 Å². The molecule has 0 spiro atoms.